The SMILES string of the molecule is C=C1C=C2[C@@H]3[C@H](C1)C(=O)CO[C@]3(C)OC2(C)C. The third-order valence-electron chi connectivity index (χ3n) is 4.21. The smallest absolute Gasteiger partial charge is 0.174 e. The van der Waals surface area contributed by atoms with E-state index in [4.69, 9.17) is 9.47 Å². The van der Waals surface area contributed by atoms with Crippen LogP contribution in [0.3, 0.4) is 0 Å². The topological polar surface area (TPSA) is 35.5 Å². The van der Waals surface area contributed by atoms with E-state index in [9.17, 15) is 4.79 Å². The molecule has 0 spiro atoms. The second kappa shape index (κ2) is 3.09. The van der Waals surface area contributed by atoms with Gasteiger partial charge in [0.25, 0.3) is 0 Å². The number of ether oxygens (including phenoxy) is 2. The van der Waals surface area contributed by atoms with Gasteiger partial charge in [0.15, 0.2) is 11.6 Å². The summed E-state index contributed by atoms with van der Waals surface area (Å²) in [6.07, 6.45) is 2.83. The Morgan fingerprint density at radius 1 is 1.41 bits per heavy atom. The summed E-state index contributed by atoms with van der Waals surface area (Å²) >= 11 is 0. The van der Waals surface area contributed by atoms with E-state index in [-0.39, 0.29) is 29.8 Å². The maximum Gasteiger partial charge on any atom is 0.174 e. The lowest BCUT2D eigenvalue weighted by Gasteiger charge is -2.41. The van der Waals surface area contributed by atoms with Crippen molar-refractivity contribution in [1.29, 1.82) is 0 Å². The molecule has 0 aromatic rings. The minimum absolute atomic E-state index is 0.0111. The average Bonchev–Trinajstić information content (AvgIpc) is 2.42. The fraction of sp³-hybridized carbons (Fsp3) is 0.643. The highest BCUT2D eigenvalue weighted by molar-refractivity contribution is 5.85. The van der Waals surface area contributed by atoms with E-state index in [0.29, 0.717) is 0 Å². The number of carbonyl (C=O) groups is 1. The Hall–Kier alpha value is -0.930. The van der Waals surface area contributed by atoms with Crippen LogP contribution in [-0.2, 0) is 14.3 Å². The van der Waals surface area contributed by atoms with Crippen molar-refractivity contribution < 1.29 is 14.3 Å². The number of hydrogen-bond donors (Lipinski definition) is 0. The van der Waals surface area contributed by atoms with Gasteiger partial charge in [0.2, 0.25) is 0 Å². The van der Waals surface area contributed by atoms with E-state index >= 15 is 0 Å². The van der Waals surface area contributed by atoms with Gasteiger partial charge in [-0.05, 0) is 32.8 Å². The molecule has 0 aromatic heterocycles. The zero-order chi connectivity index (χ0) is 12.4. The Balaban J connectivity index is 2.16. The minimum atomic E-state index is -0.644. The average molecular weight is 234 g/mol. The Morgan fingerprint density at radius 2 is 2.12 bits per heavy atom. The van der Waals surface area contributed by atoms with Gasteiger partial charge >= 0.3 is 0 Å². The first-order valence-electron chi connectivity index (χ1n) is 6.10. The van der Waals surface area contributed by atoms with Gasteiger partial charge in [-0.25, -0.2) is 0 Å². The van der Waals surface area contributed by atoms with Gasteiger partial charge < -0.3 is 9.47 Å². The summed E-state index contributed by atoms with van der Waals surface area (Å²) in [6.45, 7) is 10.2. The molecule has 3 rings (SSSR count). The first-order valence-corrected chi connectivity index (χ1v) is 6.10. The van der Waals surface area contributed by atoms with E-state index in [2.05, 4.69) is 12.7 Å². The minimum Gasteiger partial charge on any atom is -0.342 e. The second-order valence-corrected chi connectivity index (χ2v) is 5.93. The van der Waals surface area contributed by atoms with Crippen molar-refractivity contribution in [3.63, 3.8) is 0 Å². The third kappa shape index (κ3) is 1.39. The van der Waals surface area contributed by atoms with Crippen LogP contribution in [-0.4, -0.2) is 23.8 Å². The molecule has 2 saturated heterocycles. The highest BCUT2D eigenvalue weighted by atomic mass is 16.7. The highest BCUT2D eigenvalue weighted by Crippen LogP contribution is 2.55. The van der Waals surface area contributed by atoms with Crippen LogP contribution in [0.5, 0.6) is 0 Å². The summed E-state index contributed by atoms with van der Waals surface area (Å²) in [7, 11) is 0. The molecule has 0 bridgehead atoms. The largest absolute Gasteiger partial charge is 0.342 e. The molecule has 92 valence electrons. The van der Waals surface area contributed by atoms with Gasteiger partial charge in [-0.1, -0.05) is 18.2 Å². The molecule has 2 fully saturated rings. The van der Waals surface area contributed by atoms with Crippen LogP contribution in [0.2, 0.25) is 0 Å². The van der Waals surface area contributed by atoms with Crippen LogP contribution in [0.25, 0.3) is 0 Å². The van der Waals surface area contributed by atoms with Gasteiger partial charge in [-0.2, -0.15) is 0 Å². The lowest BCUT2D eigenvalue weighted by molar-refractivity contribution is -0.264. The molecular formula is C14H18O3. The van der Waals surface area contributed by atoms with E-state index in [1.807, 2.05) is 20.8 Å². The van der Waals surface area contributed by atoms with Crippen LogP contribution >= 0.6 is 0 Å². The lowest BCUT2D eigenvalue weighted by atomic mass is 9.68. The molecule has 17 heavy (non-hydrogen) atoms. The fourth-order valence-electron chi connectivity index (χ4n) is 3.55. The van der Waals surface area contributed by atoms with Crippen molar-refractivity contribution in [2.45, 2.75) is 38.6 Å². The molecule has 0 radical (unpaired) electrons. The van der Waals surface area contributed by atoms with Crippen LogP contribution in [0.4, 0.5) is 0 Å². The molecule has 2 heterocycles. The summed E-state index contributed by atoms with van der Waals surface area (Å²) in [6, 6.07) is 0. The number of hydrogen-bond acceptors (Lipinski definition) is 3. The van der Waals surface area contributed by atoms with E-state index in [1.165, 1.54) is 0 Å². The quantitative estimate of drug-likeness (QED) is 0.644. The standard InChI is InChI=1S/C14H18O3/c1-8-5-9-11(15)7-16-14(4)12(9)10(6-8)13(2,3)17-14/h6,9,12H,1,5,7H2,2-4H3/t9-,12+,14-/m1/s1. The lowest BCUT2D eigenvalue weighted by Crippen LogP contribution is -2.49. The normalized spacial score (nSPS) is 43.4. The van der Waals surface area contributed by atoms with Gasteiger partial charge in [-0.15, -0.1) is 0 Å². The van der Waals surface area contributed by atoms with Crippen molar-refractivity contribution in [3.8, 4) is 0 Å². The fourth-order valence-corrected chi connectivity index (χ4v) is 3.55. The van der Waals surface area contributed by atoms with E-state index in [0.717, 1.165) is 17.6 Å². The summed E-state index contributed by atoms with van der Waals surface area (Å²) < 4.78 is 11.7. The van der Waals surface area contributed by atoms with Crippen molar-refractivity contribution in [2.75, 3.05) is 6.61 Å². The number of ketones is 1. The molecule has 0 aromatic carbocycles. The van der Waals surface area contributed by atoms with Crippen LogP contribution < -0.4 is 0 Å². The van der Waals surface area contributed by atoms with Crippen LogP contribution in [0.15, 0.2) is 23.8 Å². The zero-order valence-corrected chi connectivity index (χ0v) is 10.6. The Morgan fingerprint density at radius 3 is 2.82 bits per heavy atom. The summed E-state index contributed by atoms with van der Waals surface area (Å²) in [5.41, 5.74) is 1.82. The van der Waals surface area contributed by atoms with Crippen molar-refractivity contribution in [2.24, 2.45) is 11.8 Å². The Labute approximate surface area is 101 Å². The molecule has 3 atom stereocenters. The van der Waals surface area contributed by atoms with Crippen LogP contribution in [0.1, 0.15) is 27.2 Å². The predicted molar refractivity (Wildman–Crippen MR) is 63.3 cm³/mol. The molecule has 1 aliphatic carbocycles. The van der Waals surface area contributed by atoms with Gasteiger partial charge in [-0.3, -0.25) is 4.79 Å². The van der Waals surface area contributed by atoms with Crippen molar-refractivity contribution in [1.82, 2.24) is 0 Å². The monoisotopic (exact) mass is 234 g/mol. The van der Waals surface area contributed by atoms with Crippen molar-refractivity contribution in [3.05, 3.63) is 23.8 Å². The molecule has 3 nitrogen and oxygen atoms in total. The molecule has 0 amide bonds. The summed E-state index contributed by atoms with van der Waals surface area (Å²) in [5.74, 6) is -0.415. The molecule has 0 N–H and O–H groups in total. The predicted octanol–water partition coefficient (Wildman–Crippen LogP) is 2.23. The molecule has 3 heteroatoms. The van der Waals surface area contributed by atoms with E-state index in [1.54, 1.807) is 0 Å². The molecule has 0 saturated carbocycles. The van der Waals surface area contributed by atoms with E-state index < -0.39 is 5.79 Å². The number of Topliss-reactive ketones (excluding diaryl/α,β-unsaturated/α-hetero) is 1. The number of carbonyl (C=O) groups excluding carboxylic acids is 1. The first kappa shape index (κ1) is 11.2. The maximum atomic E-state index is 12.0. The van der Waals surface area contributed by atoms with Crippen LogP contribution in [0, 0.1) is 11.8 Å². The third-order valence-corrected chi connectivity index (χ3v) is 4.21. The van der Waals surface area contributed by atoms with Gasteiger partial charge in [0.05, 0.1) is 5.60 Å². The number of rotatable bonds is 0. The molecule has 2 aliphatic heterocycles. The highest BCUT2D eigenvalue weighted by Gasteiger charge is 2.61. The number of allylic oxidation sites excluding steroid dienone is 2. The zero-order valence-electron chi connectivity index (χ0n) is 10.6. The van der Waals surface area contributed by atoms with Gasteiger partial charge in [0.1, 0.15) is 6.61 Å². The summed E-state index contributed by atoms with van der Waals surface area (Å²) in [4.78, 5) is 12.0. The molecular weight excluding hydrogens is 216 g/mol. The first-order chi connectivity index (χ1) is 7.83. The second-order valence-electron chi connectivity index (χ2n) is 5.93. The maximum absolute atomic E-state index is 12.0. The Bertz CT molecular complexity index is 446. The summed E-state index contributed by atoms with van der Waals surface area (Å²) in [5, 5.41) is 0. The van der Waals surface area contributed by atoms with Gasteiger partial charge in [0, 0.05) is 11.8 Å². The Kier molecular flexibility index (Phi) is 2.03. The molecule has 3 aliphatic rings. The molecule has 0 unspecified atom stereocenters. The van der Waals surface area contributed by atoms with Crippen molar-refractivity contribution >= 4 is 5.78 Å².